The minimum absolute atomic E-state index is 0.0728. The van der Waals surface area contributed by atoms with Gasteiger partial charge >= 0.3 is 5.97 Å². The van der Waals surface area contributed by atoms with Gasteiger partial charge < -0.3 is 9.84 Å². The molecule has 1 aromatic rings. The molecule has 5 heteroatoms. The fourth-order valence-electron chi connectivity index (χ4n) is 1.38. The predicted octanol–water partition coefficient (Wildman–Crippen LogP) is 1.53. The Balaban J connectivity index is 2.78. The molecule has 0 spiro atoms. The molecule has 0 atom stereocenters. The zero-order valence-electron chi connectivity index (χ0n) is 10.5. The maximum atomic E-state index is 11.9. The number of para-hydroxylation sites is 1. The third kappa shape index (κ3) is 4.55. The van der Waals surface area contributed by atoms with Gasteiger partial charge in [0.05, 0.1) is 6.10 Å². The van der Waals surface area contributed by atoms with E-state index in [0.717, 1.165) is 0 Å². The van der Waals surface area contributed by atoms with Gasteiger partial charge in [-0.25, -0.2) is 0 Å². The van der Waals surface area contributed by atoms with Crippen molar-refractivity contribution in [2.24, 2.45) is 0 Å². The molecule has 0 aliphatic carbocycles. The van der Waals surface area contributed by atoms with Crippen molar-refractivity contribution in [3.8, 4) is 0 Å². The number of rotatable bonds is 6. The standard InChI is InChI=1S/C13H17NO4/c1-10(2)18-9-12(15)14(8-13(16)17)11-6-4-3-5-7-11/h3-7,10H,8-9H2,1-2H3,(H,16,17). The van der Waals surface area contributed by atoms with E-state index in [1.807, 2.05) is 13.8 Å². The average Bonchev–Trinajstić information content (AvgIpc) is 2.34. The van der Waals surface area contributed by atoms with Crippen molar-refractivity contribution in [3.05, 3.63) is 30.3 Å². The molecular weight excluding hydrogens is 234 g/mol. The summed E-state index contributed by atoms with van der Waals surface area (Å²) in [6.07, 6.45) is -0.0728. The van der Waals surface area contributed by atoms with E-state index < -0.39 is 5.97 Å². The van der Waals surface area contributed by atoms with Crippen LogP contribution in [0.1, 0.15) is 13.8 Å². The van der Waals surface area contributed by atoms with E-state index in [0.29, 0.717) is 5.69 Å². The Labute approximate surface area is 106 Å². The van der Waals surface area contributed by atoms with Crippen LogP contribution in [-0.4, -0.2) is 36.2 Å². The van der Waals surface area contributed by atoms with Gasteiger partial charge in [0.1, 0.15) is 13.2 Å². The average molecular weight is 251 g/mol. The Morgan fingerprint density at radius 2 is 1.89 bits per heavy atom. The van der Waals surface area contributed by atoms with Gasteiger partial charge in [-0.2, -0.15) is 0 Å². The molecule has 0 unspecified atom stereocenters. The Kier molecular flexibility index (Phi) is 5.32. The van der Waals surface area contributed by atoms with Crippen molar-refractivity contribution >= 4 is 17.6 Å². The monoisotopic (exact) mass is 251 g/mol. The highest BCUT2D eigenvalue weighted by Crippen LogP contribution is 2.13. The van der Waals surface area contributed by atoms with Gasteiger partial charge in [-0.05, 0) is 26.0 Å². The van der Waals surface area contributed by atoms with Crippen LogP contribution in [0, 0.1) is 0 Å². The van der Waals surface area contributed by atoms with Crippen LogP contribution >= 0.6 is 0 Å². The van der Waals surface area contributed by atoms with E-state index in [1.54, 1.807) is 30.3 Å². The molecule has 0 fully saturated rings. The largest absolute Gasteiger partial charge is 0.480 e. The Bertz CT molecular complexity index is 403. The molecule has 0 heterocycles. The molecule has 0 bridgehead atoms. The molecule has 18 heavy (non-hydrogen) atoms. The highest BCUT2D eigenvalue weighted by molar-refractivity contribution is 5.98. The second-order valence-electron chi connectivity index (χ2n) is 4.07. The van der Waals surface area contributed by atoms with E-state index >= 15 is 0 Å². The smallest absolute Gasteiger partial charge is 0.323 e. The van der Waals surface area contributed by atoms with Crippen molar-refractivity contribution in [3.63, 3.8) is 0 Å². The summed E-state index contributed by atoms with van der Waals surface area (Å²) in [5.74, 6) is -1.42. The number of benzene rings is 1. The zero-order chi connectivity index (χ0) is 13.5. The SMILES string of the molecule is CC(C)OCC(=O)N(CC(=O)O)c1ccccc1. The fraction of sp³-hybridized carbons (Fsp3) is 0.385. The first-order valence-electron chi connectivity index (χ1n) is 5.69. The molecule has 0 saturated heterocycles. The van der Waals surface area contributed by atoms with Crippen LogP contribution in [0.15, 0.2) is 30.3 Å². The number of carboxylic acids is 1. The third-order valence-electron chi connectivity index (χ3n) is 2.20. The van der Waals surface area contributed by atoms with E-state index in [2.05, 4.69) is 0 Å². The van der Waals surface area contributed by atoms with Gasteiger partial charge in [0.25, 0.3) is 5.91 Å². The Morgan fingerprint density at radius 3 is 2.39 bits per heavy atom. The molecule has 1 amide bonds. The molecule has 0 radical (unpaired) electrons. The minimum atomic E-state index is -1.06. The maximum absolute atomic E-state index is 11.9. The van der Waals surface area contributed by atoms with E-state index in [1.165, 1.54) is 4.90 Å². The molecule has 0 aliphatic rings. The van der Waals surface area contributed by atoms with Gasteiger partial charge in [-0.3, -0.25) is 14.5 Å². The minimum Gasteiger partial charge on any atom is -0.480 e. The second-order valence-corrected chi connectivity index (χ2v) is 4.07. The van der Waals surface area contributed by atoms with Gasteiger partial charge in [0.15, 0.2) is 0 Å². The number of ether oxygens (including phenoxy) is 1. The summed E-state index contributed by atoms with van der Waals surface area (Å²) in [5, 5.41) is 8.84. The number of carbonyl (C=O) groups is 2. The van der Waals surface area contributed by atoms with E-state index in [4.69, 9.17) is 9.84 Å². The first-order chi connectivity index (χ1) is 8.50. The summed E-state index contributed by atoms with van der Waals surface area (Å²) >= 11 is 0. The van der Waals surface area contributed by atoms with Gasteiger partial charge in [0.2, 0.25) is 0 Å². The number of amides is 1. The lowest BCUT2D eigenvalue weighted by molar-refractivity contribution is -0.137. The summed E-state index contributed by atoms with van der Waals surface area (Å²) in [7, 11) is 0. The number of hydrogen-bond acceptors (Lipinski definition) is 3. The van der Waals surface area contributed by atoms with Crippen LogP contribution in [0.3, 0.4) is 0 Å². The summed E-state index contributed by atoms with van der Waals surface area (Å²) < 4.78 is 5.20. The number of carboxylic acid groups (broad SMARTS) is 1. The Morgan fingerprint density at radius 1 is 1.28 bits per heavy atom. The van der Waals surface area contributed by atoms with Crippen LogP contribution in [0.2, 0.25) is 0 Å². The summed E-state index contributed by atoms with van der Waals surface area (Å²) in [4.78, 5) is 23.9. The van der Waals surface area contributed by atoms with Crippen molar-refractivity contribution in [1.82, 2.24) is 0 Å². The molecule has 1 N–H and O–H groups in total. The lowest BCUT2D eigenvalue weighted by Crippen LogP contribution is -2.38. The zero-order valence-corrected chi connectivity index (χ0v) is 10.5. The molecule has 0 aromatic heterocycles. The molecule has 0 aliphatic heterocycles. The molecule has 1 aromatic carbocycles. The van der Waals surface area contributed by atoms with Crippen molar-refractivity contribution in [2.45, 2.75) is 20.0 Å². The number of hydrogen-bond donors (Lipinski definition) is 1. The number of anilines is 1. The lowest BCUT2D eigenvalue weighted by atomic mass is 10.3. The predicted molar refractivity (Wildman–Crippen MR) is 67.5 cm³/mol. The molecule has 1 rings (SSSR count). The number of nitrogens with zero attached hydrogens (tertiary/aromatic N) is 1. The van der Waals surface area contributed by atoms with Gasteiger partial charge in [-0.1, -0.05) is 18.2 Å². The molecule has 0 saturated carbocycles. The van der Waals surface area contributed by atoms with Crippen LogP contribution < -0.4 is 4.90 Å². The Hall–Kier alpha value is -1.88. The van der Waals surface area contributed by atoms with E-state index in [9.17, 15) is 9.59 Å². The normalized spacial score (nSPS) is 10.4. The quantitative estimate of drug-likeness (QED) is 0.832. The fourth-order valence-corrected chi connectivity index (χ4v) is 1.38. The van der Waals surface area contributed by atoms with E-state index in [-0.39, 0.29) is 25.2 Å². The topological polar surface area (TPSA) is 66.8 Å². The first kappa shape index (κ1) is 14.2. The lowest BCUT2D eigenvalue weighted by Gasteiger charge is -2.21. The third-order valence-corrected chi connectivity index (χ3v) is 2.20. The second kappa shape index (κ2) is 6.76. The summed E-state index contributed by atoms with van der Waals surface area (Å²) in [6.45, 7) is 3.14. The molecular formula is C13H17NO4. The van der Waals surface area contributed by atoms with Gasteiger partial charge in [-0.15, -0.1) is 0 Å². The molecule has 98 valence electrons. The number of carbonyl (C=O) groups excluding carboxylic acids is 1. The van der Waals surface area contributed by atoms with Crippen LogP contribution in [0.25, 0.3) is 0 Å². The highest BCUT2D eigenvalue weighted by atomic mass is 16.5. The van der Waals surface area contributed by atoms with Crippen molar-refractivity contribution in [1.29, 1.82) is 0 Å². The van der Waals surface area contributed by atoms with Crippen LogP contribution in [0.4, 0.5) is 5.69 Å². The summed E-state index contributed by atoms with van der Waals surface area (Å²) in [5.41, 5.74) is 0.553. The summed E-state index contributed by atoms with van der Waals surface area (Å²) in [6, 6.07) is 8.69. The van der Waals surface area contributed by atoms with Crippen molar-refractivity contribution in [2.75, 3.05) is 18.1 Å². The molecule has 5 nitrogen and oxygen atoms in total. The first-order valence-corrected chi connectivity index (χ1v) is 5.69. The van der Waals surface area contributed by atoms with Crippen molar-refractivity contribution < 1.29 is 19.4 Å². The highest BCUT2D eigenvalue weighted by Gasteiger charge is 2.18. The van der Waals surface area contributed by atoms with Gasteiger partial charge in [0, 0.05) is 5.69 Å². The maximum Gasteiger partial charge on any atom is 0.323 e. The number of aliphatic carboxylic acids is 1. The van der Waals surface area contributed by atoms with Crippen LogP contribution in [0.5, 0.6) is 0 Å². The van der Waals surface area contributed by atoms with Crippen LogP contribution in [-0.2, 0) is 14.3 Å².